The molecule has 47 heavy (non-hydrogen) atoms. The van der Waals surface area contributed by atoms with Crippen LogP contribution in [0.2, 0.25) is 0 Å². The Balaban J connectivity index is 1.55. The first-order chi connectivity index (χ1) is 22.9. The van der Waals surface area contributed by atoms with Crippen molar-refractivity contribution in [2.24, 2.45) is 5.92 Å². The number of thiophene rings is 2. The molecule has 0 fully saturated rings. The molecule has 0 radical (unpaired) electrons. The molecule has 0 aliphatic heterocycles. The van der Waals surface area contributed by atoms with Crippen LogP contribution in [-0.2, 0) is 4.57 Å². The van der Waals surface area contributed by atoms with Gasteiger partial charge in [-0.2, -0.15) is 0 Å². The minimum absolute atomic E-state index is 0.396. The van der Waals surface area contributed by atoms with Crippen molar-refractivity contribution >= 4 is 30.9 Å². The molecule has 0 saturated heterocycles. The summed E-state index contributed by atoms with van der Waals surface area (Å²) in [4.78, 5) is 12.4. The molecule has 2 unspecified atom stereocenters. The van der Waals surface area contributed by atoms with Crippen molar-refractivity contribution in [3.8, 4) is 59.7 Å². The van der Waals surface area contributed by atoms with Gasteiger partial charge in [-0.05, 0) is 72.9 Å². The maximum Gasteiger partial charge on any atom is 0.365 e. The summed E-state index contributed by atoms with van der Waals surface area (Å²) in [6, 6.07) is 20.5. The van der Waals surface area contributed by atoms with Crippen molar-refractivity contribution in [3.05, 3.63) is 66.2 Å². The standard InChI is InChI=1S/C39H49O5PS2/c1-5-8-10-11-12-13-14-15-17-30-18-20-31(21-19-30)36-22-23-37(46-36)32-27-35(43-28-29(7-3)16-9-6-2)33(26-34(32)42-4)38-24-25-39(47-38)44-45(40)41/h18-27,29,45H,5-14,16,28H2,1-4H3,(H,40,41). The molecule has 0 aliphatic rings. The summed E-state index contributed by atoms with van der Waals surface area (Å²) in [7, 11) is -1.40. The summed E-state index contributed by atoms with van der Waals surface area (Å²) in [6.45, 7) is 7.31. The van der Waals surface area contributed by atoms with Crippen molar-refractivity contribution in [1.82, 2.24) is 0 Å². The third-order valence-corrected chi connectivity index (χ3v) is 11.0. The van der Waals surface area contributed by atoms with Gasteiger partial charge in [0.25, 0.3) is 0 Å². The fraction of sp³-hybridized carbons (Fsp3) is 0.436. The van der Waals surface area contributed by atoms with Crippen molar-refractivity contribution < 1.29 is 23.5 Å². The third-order valence-electron chi connectivity index (χ3n) is 8.28. The first-order valence-electron chi connectivity index (χ1n) is 17.0. The Morgan fingerprint density at radius 3 is 2.17 bits per heavy atom. The molecule has 5 nitrogen and oxygen atoms in total. The number of hydrogen-bond donors (Lipinski definition) is 1. The highest BCUT2D eigenvalue weighted by Crippen LogP contribution is 2.47. The fourth-order valence-electron chi connectivity index (χ4n) is 5.46. The average Bonchev–Trinajstić information content (AvgIpc) is 3.76. The molecule has 0 amide bonds. The minimum atomic E-state index is -3.09. The predicted molar refractivity (Wildman–Crippen MR) is 201 cm³/mol. The average molecular weight is 693 g/mol. The van der Waals surface area contributed by atoms with Crippen molar-refractivity contribution in [2.45, 2.75) is 91.4 Å². The molecule has 4 aromatic rings. The van der Waals surface area contributed by atoms with Crippen LogP contribution in [-0.4, -0.2) is 18.6 Å². The van der Waals surface area contributed by atoms with E-state index in [2.05, 4.69) is 75.1 Å². The van der Waals surface area contributed by atoms with Gasteiger partial charge in [0.15, 0.2) is 5.06 Å². The molecule has 0 saturated carbocycles. The highest BCUT2D eigenvalue weighted by Gasteiger charge is 2.19. The number of unbranched alkanes of at least 4 members (excludes halogenated alkanes) is 7. The smallest absolute Gasteiger partial charge is 0.365 e. The van der Waals surface area contributed by atoms with Gasteiger partial charge in [-0.3, -0.25) is 0 Å². The normalized spacial score (nSPS) is 12.3. The van der Waals surface area contributed by atoms with E-state index in [0.717, 1.165) is 69.2 Å². The summed E-state index contributed by atoms with van der Waals surface area (Å²) in [6.07, 6.45) is 13.2. The van der Waals surface area contributed by atoms with Gasteiger partial charge in [0.2, 0.25) is 0 Å². The van der Waals surface area contributed by atoms with E-state index in [-0.39, 0.29) is 0 Å². The van der Waals surface area contributed by atoms with E-state index in [1.807, 2.05) is 12.1 Å². The fourth-order valence-corrected chi connectivity index (χ4v) is 7.87. The van der Waals surface area contributed by atoms with Gasteiger partial charge >= 0.3 is 8.25 Å². The second-order valence-electron chi connectivity index (χ2n) is 11.8. The number of hydrogen-bond acceptors (Lipinski definition) is 6. The number of ether oxygens (including phenoxy) is 2. The van der Waals surface area contributed by atoms with Crippen molar-refractivity contribution in [3.63, 3.8) is 0 Å². The second kappa shape index (κ2) is 19.7. The Kier molecular flexibility index (Phi) is 15.5. The number of benzene rings is 2. The van der Waals surface area contributed by atoms with Gasteiger partial charge in [0, 0.05) is 37.7 Å². The van der Waals surface area contributed by atoms with Crippen LogP contribution in [0.25, 0.3) is 31.3 Å². The zero-order valence-corrected chi connectivity index (χ0v) is 30.9. The maximum atomic E-state index is 11.3. The first-order valence-corrected chi connectivity index (χ1v) is 19.9. The Morgan fingerprint density at radius 1 is 0.787 bits per heavy atom. The topological polar surface area (TPSA) is 65.0 Å². The SMILES string of the molecule is CCCCCCCCC#Cc1ccc(-c2ccc(-c3cc(OCC(CC)CCCC)c(-c4ccc(O[PH](=O)O)s4)cc3OC)s2)cc1. The molecule has 252 valence electrons. The van der Waals surface area contributed by atoms with E-state index in [4.69, 9.17) is 14.0 Å². The molecule has 2 aromatic heterocycles. The molecule has 2 aromatic carbocycles. The summed E-state index contributed by atoms with van der Waals surface area (Å²) in [5.74, 6) is 8.65. The molecule has 0 bridgehead atoms. The lowest BCUT2D eigenvalue weighted by Crippen LogP contribution is -2.11. The summed E-state index contributed by atoms with van der Waals surface area (Å²) in [5, 5.41) is 0.396. The van der Waals surface area contributed by atoms with Crippen LogP contribution in [0, 0.1) is 17.8 Å². The Bertz CT molecular complexity index is 1610. The molecule has 0 aliphatic carbocycles. The first kappa shape index (κ1) is 36.8. The predicted octanol–water partition coefficient (Wildman–Crippen LogP) is 12.3. The van der Waals surface area contributed by atoms with Crippen molar-refractivity contribution in [2.75, 3.05) is 13.7 Å². The highest BCUT2D eigenvalue weighted by molar-refractivity contribution is 7.33. The van der Waals surface area contributed by atoms with Gasteiger partial charge in [-0.1, -0.05) is 107 Å². The van der Waals surface area contributed by atoms with E-state index in [1.165, 1.54) is 61.2 Å². The van der Waals surface area contributed by atoms with Crippen molar-refractivity contribution in [1.29, 1.82) is 0 Å². The van der Waals surface area contributed by atoms with Crippen LogP contribution in [0.4, 0.5) is 0 Å². The molecule has 4 rings (SSSR count). The van der Waals surface area contributed by atoms with E-state index in [0.29, 0.717) is 17.6 Å². The lowest BCUT2D eigenvalue weighted by atomic mass is 10.0. The largest absolute Gasteiger partial charge is 0.496 e. The number of rotatable bonds is 19. The van der Waals surface area contributed by atoms with Crippen LogP contribution >= 0.6 is 30.9 Å². The Hall–Kier alpha value is -3.01. The van der Waals surface area contributed by atoms with Crippen LogP contribution in [0.5, 0.6) is 16.6 Å². The van der Waals surface area contributed by atoms with Crippen LogP contribution in [0.15, 0.2) is 60.7 Å². The highest BCUT2D eigenvalue weighted by atomic mass is 32.1. The molecule has 2 atom stereocenters. The second-order valence-corrected chi connectivity index (χ2v) is 14.7. The zero-order chi connectivity index (χ0) is 33.4. The van der Waals surface area contributed by atoms with Gasteiger partial charge < -0.3 is 18.9 Å². The molecular formula is C39H49O5PS2. The third kappa shape index (κ3) is 11.3. The summed E-state index contributed by atoms with van der Waals surface area (Å²) < 4.78 is 28.9. The maximum absolute atomic E-state index is 11.3. The van der Waals surface area contributed by atoms with Crippen LogP contribution in [0.3, 0.4) is 0 Å². The number of methoxy groups -OCH3 is 1. The zero-order valence-electron chi connectivity index (χ0n) is 28.2. The van der Waals surface area contributed by atoms with E-state index in [9.17, 15) is 9.46 Å². The van der Waals surface area contributed by atoms with E-state index < -0.39 is 8.25 Å². The Labute approximate surface area is 290 Å². The van der Waals surface area contributed by atoms with Gasteiger partial charge in [0.05, 0.1) is 13.7 Å². The van der Waals surface area contributed by atoms with Crippen LogP contribution in [0.1, 0.15) is 97.0 Å². The molecule has 8 heteroatoms. The van der Waals surface area contributed by atoms with Gasteiger partial charge in [-0.15, -0.1) is 11.3 Å². The summed E-state index contributed by atoms with van der Waals surface area (Å²) in [5.41, 5.74) is 4.05. The van der Waals surface area contributed by atoms with Gasteiger partial charge in [0.1, 0.15) is 11.5 Å². The summed E-state index contributed by atoms with van der Waals surface area (Å²) >= 11 is 3.04. The molecule has 2 heterocycles. The van der Waals surface area contributed by atoms with Gasteiger partial charge in [-0.25, -0.2) is 4.57 Å². The quantitative estimate of drug-likeness (QED) is 0.0602. The van der Waals surface area contributed by atoms with E-state index >= 15 is 0 Å². The lowest BCUT2D eigenvalue weighted by Gasteiger charge is -2.19. The monoisotopic (exact) mass is 692 g/mol. The lowest BCUT2D eigenvalue weighted by molar-refractivity contribution is 0.234. The molecule has 0 spiro atoms. The Morgan fingerprint density at radius 2 is 1.45 bits per heavy atom. The van der Waals surface area contributed by atoms with E-state index in [1.54, 1.807) is 24.5 Å². The molecular weight excluding hydrogens is 644 g/mol. The minimum Gasteiger partial charge on any atom is -0.496 e. The van der Waals surface area contributed by atoms with Crippen LogP contribution < -0.4 is 14.0 Å². The molecule has 1 N–H and O–H groups in total.